The number of nitrogens with one attached hydrogen (secondary N) is 1. The summed E-state index contributed by atoms with van der Waals surface area (Å²) in [6, 6.07) is 0.688. The van der Waals surface area contributed by atoms with Gasteiger partial charge in [-0.2, -0.15) is 0 Å². The van der Waals surface area contributed by atoms with Gasteiger partial charge in [-0.05, 0) is 61.3 Å². The minimum atomic E-state index is 0.383. The molecule has 0 aromatic rings. The highest BCUT2D eigenvalue weighted by Crippen LogP contribution is 2.43. The average molecular weight is 268 g/mol. The fourth-order valence-corrected chi connectivity index (χ4v) is 3.80. The van der Waals surface area contributed by atoms with Crippen molar-refractivity contribution in [3.63, 3.8) is 0 Å². The molecule has 1 unspecified atom stereocenters. The summed E-state index contributed by atoms with van der Waals surface area (Å²) in [5.41, 5.74) is 0.882. The van der Waals surface area contributed by atoms with E-state index < -0.39 is 0 Å². The van der Waals surface area contributed by atoms with E-state index in [-0.39, 0.29) is 0 Å². The van der Waals surface area contributed by atoms with E-state index in [1.807, 2.05) is 0 Å². The number of rotatable bonds is 4. The van der Waals surface area contributed by atoms with E-state index in [4.69, 9.17) is 0 Å². The zero-order valence-electron chi connectivity index (χ0n) is 14.5. The van der Waals surface area contributed by atoms with Crippen LogP contribution in [-0.4, -0.2) is 12.6 Å². The van der Waals surface area contributed by atoms with Crippen LogP contribution < -0.4 is 5.32 Å². The molecule has 1 aliphatic carbocycles. The van der Waals surface area contributed by atoms with Crippen molar-refractivity contribution in [1.29, 1.82) is 0 Å². The molecule has 1 N–H and O–H groups in total. The molecule has 1 fully saturated rings. The molecule has 114 valence electrons. The van der Waals surface area contributed by atoms with Gasteiger partial charge in [0.2, 0.25) is 0 Å². The second-order valence-corrected chi connectivity index (χ2v) is 8.78. The van der Waals surface area contributed by atoms with Crippen LogP contribution in [0.3, 0.4) is 0 Å². The van der Waals surface area contributed by atoms with Gasteiger partial charge in [0, 0.05) is 6.04 Å². The van der Waals surface area contributed by atoms with Gasteiger partial charge in [0.05, 0.1) is 0 Å². The average Bonchev–Trinajstić information content (AvgIpc) is 2.27. The van der Waals surface area contributed by atoms with E-state index in [2.05, 4.69) is 53.8 Å². The Morgan fingerprint density at radius 2 is 1.47 bits per heavy atom. The van der Waals surface area contributed by atoms with Crippen molar-refractivity contribution in [3.05, 3.63) is 0 Å². The third-order valence-corrected chi connectivity index (χ3v) is 5.02. The molecule has 1 rings (SSSR count). The van der Waals surface area contributed by atoms with Crippen LogP contribution in [-0.2, 0) is 0 Å². The summed E-state index contributed by atoms with van der Waals surface area (Å²) in [5, 5.41) is 3.83. The fourth-order valence-electron chi connectivity index (χ4n) is 3.80. The molecule has 0 heterocycles. The lowest BCUT2D eigenvalue weighted by molar-refractivity contribution is 0.0980. The molecular weight excluding hydrogens is 230 g/mol. The zero-order chi connectivity index (χ0) is 14.7. The highest BCUT2D eigenvalue weighted by atomic mass is 14.9. The fraction of sp³-hybridized carbons (Fsp3) is 1.00. The monoisotopic (exact) mass is 267 g/mol. The van der Waals surface area contributed by atoms with Gasteiger partial charge in [-0.1, -0.05) is 48.5 Å². The molecule has 0 amide bonds. The SMILES string of the molecule is CCCNC(C1CCC(C(C)(C)C)CC1)C(C)(C)C. The molecule has 1 nitrogen and oxygen atoms in total. The Hall–Kier alpha value is -0.0400. The van der Waals surface area contributed by atoms with Crippen molar-refractivity contribution in [2.75, 3.05) is 6.54 Å². The van der Waals surface area contributed by atoms with Gasteiger partial charge in [-0.15, -0.1) is 0 Å². The molecule has 1 aliphatic rings. The van der Waals surface area contributed by atoms with Gasteiger partial charge in [0.1, 0.15) is 0 Å². The first kappa shape index (κ1) is 17.0. The molecule has 1 heteroatoms. The minimum absolute atomic E-state index is 0.383. The van der Waals surface area contributed by atoms with Gasteiger partial charge in [0.15, 0.2) is 0 Å². The van der Waals surface area contributed by atoms with E-state index in [9.17, 15) is 0 Å². The lowest BCUT2D eigenvalue weighted by Gasteiger charge is -2.44. The van der Waals surface area contributed by atoms with Crippen LogP contribution in [0.4, 0.5) is 0 Å². The molecule has 0 spiro atoms. The van der Waals surface area contributed by atoms with Gasteiger partial charge < -0.3 is 5.32 Å². The number of hydrogen-bond donors (Lipinski definition) is 1. The summed E-state index contributed by atoms with van der Waals surface area (Å²) in [6.45, 7) is 17.9. The molecule has 19 heavy (non-hydrogen) atoms. The molecule has 0 aromatic carbocycles. The third kappa shape index (κ3) is 5.10. The van der Waals surface area contributed by atoms with Crippen LogP contribution in [0.5, 0.6) is 0 Å². The Kier molecular flexibility index (Phi) is 5.92. The van der Waals surface area contributed by atoms with Crippen molar-refractivity contribution >= 4 is 0 Å². The van der Waals surface area contributed by atoms with Gasteiger partial charge >= 0.3 is 0 Å². The predicted octanol–water partition coefficient (Wildman–Crippen LogP) is 5.25. The van der Waals surface area contributed by atoms with Crippen LogP contribution in [0.2, 0.25) is 0 Å². The molecule has 0 bridgehead atoms. The standard InChI is InChI=1S/C18H37N/c1-8-13-19-16(18(5,6)7)14-9-11-15(12-10-14)17(2,3)4/h14-16,19H,8-13H2,1-7H3. The van der Waals surface area contributed by atoms with Crippen LogP contribution in [0.15, 0.2) is 0 Å². The third-order valence-electron chi connectivity index (χ3n) is 5.02. The molecule has 0 saturated heterocycles. The molecule has 1 atom stereocenters. The second-order valence-electron chi connectivity index (χ2n) is 8.78. The summed E-state index contributed by atoms with van der Waals surface area (Å²) in [4.78, 5) is 0. The van der Waals surface area contributed by atoms with Crippen LogP contribution >= 0.6 is 0 Å². The lowest BCUT2D eigenvalue weighted by Crippen LogP contribution is -2.47. The Morgan fingerprint density at radius 3 is 1.84 bits per heavy atom. The molecule has 0 radical (unpaired) electrons. The highest BCUT2D eigenvalue weighted by molar-refractivity contribution is 4.91. The van der Waals surface area contributed by atoms with Crippen LogP contribution in [0, 0.1) is 22.7 Å². The summed E-state index contributed by atoms with van der Waals surface area (Å²) >= 11 is 0. The Bertz CT molecular complexity index is 248. The minimum Gasteiger partial charge on any atom is -0.313 e. The first-order chi connectivity index (χ1) is 8.66. The Morgan fingerprint density at radius 1 is 0.947 bits per heavy atom. The topological polar surface area (TPSA) is 12.0 Å². The molecule has 1 saturated carbocycles. The molecule has 0 aliphatic heterocycles. The first-order valence-corrected chi connectivity index (χ1v) is 8.39. The van der Waals surface area contributed by atoms with Crippen LogP contribution in [0.25, 0.3) is 0 Å². The van der Waals surface area contributed by atoms with Crippen molar-refractivity contribution in [1.82, 2.24) is 5.32 Å². The normalized spacial score (nSPS) is 27.3. The zero-order valence-corrected chi connectivity index (χ0v) is 14.5. The van der Waals surface area contributed by atoms with E-state index in [0.29, 0.717) is 16.9 Å². The van der Waals surface area contributed by atoms with Crippen molar-refractivity contribution in [2.24, 2.45) is 22.7 Å². The maximum absolute atomic E-state index is 3.83. The number of hydrogen-bond acceptors (Lipinski definition) is 1. The highest BCUT2D eigenvalue weighted by Gasteiger charge is 2.36. The quantitative estimate of drug-likeness (QED) is 0.733. The lowest BCUT2D eigenvalue weighted by atomic mass is 9.65. The summed E-state index contributed by atoms with van der Waals surface area (Å²) in [7, 11) is 0. The Labute approximate surface area is 121 Å². The smallest absolute Gasteiger partial charge is 0.0144 e. The van der Waals surface area contributed by atoms with Gasteiger partial charge in [0.25, 0.3) is 0 Å². The van der Waals surface area contributed by atoms with E-state index in [0.717, 1.165) is 11.8 Å². The molecular formula is C18H37N. The summed E-state index contributed by atoms with van der Waals surface area (Å²) in [5.74, 6) is 1.81. The summed E-state index contributed by atoms with van der Waals surface area (Å²) < 4.78 is 0. The van der Waals surface area contributed by atoms with E-state index in [1.54, 1.807) is 0 Å². The van der Waals surface area contributed by atoms with Crippen molar-refractivity contribution < 1.29 is 0 Å². The largest absolute Gasteiger partial charge is 0.313 e. The van der Waals surface area contributed by atoms with Gasteiger partial charge in [-0.25, -0.2) is 0 Å². The van der Waals surface area contributed by atoms with E-state index >= 15 is 0 Å². The van der Waals surface area contributed by atoms with Crippen LogP contribution in [0.1, 0.15) is 80.6 Å². The first-order valence-electron chi connectivity index (χ1n) is 8.39. The second kappa shape index (κ2) is 6.61. The van der Waals surface area contributed by atoms with Gasteiger partial charge in [-0.3, -0.25) is 0 Å². The Balaban J connectivity index is 2.59. The molecule has 0 aromatic heterocycles. The maximum Gasteiger partial charge on any atom is 0.0144 e. The maximum atomic E-state index is 3.83. The summed E-state index contributed by atoms with van der Waals surface area (Å²) in [6.07, 6.45) is 6.92. The van der Waals surface area contributed by atoms with Crippen molar-refractivity contribution in [2.45, 2.75) is 86.6 Å². The van der Waals surface area contributed by atoms with Crippen molar-refractivity contribution in [3.8, 4) is 0 Å². The predicted molar refractivity (Wildman–Crippen MR) is 86.4 cm³/mol. The van der Waals surface area contributed by atoms with E-state index in [1.165, 1.54) is 38.6 Å².